The Bertz CT molecular complexity index is 1250. The van der Waals surface area contributed by atoms with Crippen molar-refractivity contribution in [1.29, 1.82) is 0 Å². The monoisotopic (exact) mass is 535 g/mol. The summed E-state index contributed by atoms with van der Waals surface area (Å²) >= 11 is 1.47. The van der Waals surface area contributed by atoms with Crippen molar-refractivity contribution < 1.29 is 37.4 Å². The molecular weight excluding hydrogens is 511 g/mol. The standard InChI is InChI=1S/C25H24F3N3O5S/c26-25(27,28)36-15-6-1-4-13(10-15)12-30-16-11-14(5-2-8-32)18(21(30)17-7-3-9-37-17)20-19(16)22(33)31(23(20)34)24(29)35/h1,3-4,6-7,9-11,16,18-21,32H,2,5,8,12H2,(H2,29,35). The first kappa shape index (κ1) is 25.4. The molecule has 1 aromatic carbocycles. The molecule has 6 rings (SSSR count). The largest absolute Gasteiger partial charge is 0.573 e. The number of piperidine rings is 1. The molecule has 2 aromatic rings. The number of carbonyl (C=O) groups excluding carboxylic acids is 3. The van der Waals surface area contributed by atoms with Gasteiger partial charge in [0.15, 0.2) is 0 Å². The van der Waals surface area contributed by atoms with E-state index in [0.29, 0.717) is 23.3 Å². The Morgan fingerprint density at radius 1 is 1.11 bits per heavy atom. The molecular formula is C25H24F3N3O5S. The minimum absolute atomic E-state index is 0.0531. The van der Waals surface area contributed by atoms with Crippen LogP contribution in [0.25, 0.3) is 0 Å². The minimum atomic E-state index is -4.84. The summed E-state index contributed by atoms with van der Waals surface area (Å²) in [4.78, 5) is 42.1. The average molecular weight is 536 g/mol. The number of amides is 4. The molecule has 8 nitrogen and oxygen atoms in total. The van der Waals surface area contributed by atoms with E-state index in [2.05, 4.69) is 4.74 Å². The molecule has 0 radical (unpaired) electrons. The molecule has 3 aliphatic heterocycles. The maximum atomic E-state index is 13.3. The maximum Gasteiger partial charge on any atom is 0.573 e. The van der Waals surface area contributed by atoms with Gasteiger partial charge in [0, 0.05) is 30.0 Å². The van der Waals surface area contributed by atoms with Crippen LogP contribution in [0.3, 0.4) is 0 Å². The van der Waals surface area contributed by atoms with Crippen LogP contribution in [-0.2, 0) is 16.1 Å². The summed E-state index contributed by atoms with van der Waals surface area (Å²) in [6.45, 7) is 0.117. The number of carbonyl (C=O) groups is 3. The average Bonchev–Trinajstić information content (AvgIpc) is 3.44. The summed E-state index contributed by atoms with van der Waals surface area (Å²) in [6, 6.07) is 7.31. The first-order valence-corrected chi connectivity index (χ1v) is 12.6. The van der Waals surface area contributed by atoms with Crippen molar-refractivity contribution in [2.24, 2.45) is 23.5 Å². The van der Waals surface area contributed by atoms with Gasteiger partial charge in [-0.3, -0.25) is 14.5 Å². The van der Waals surface area contributed by atoms with E-state index in [9.17, 15) is 32.7 Å². The van der Waals surface area contributed by atoms with Gasteiger partial charge in [-0.15, -0.1) is 24.5 Å². The summed E-state index contributed by atoms with van der Waals surface area (Å²) in [5.41, 5.74) is 6.83. The number of alkyl halides is 3. The summed E-state index contributed by atoms with van der Waals surface area (Å²) < 4.78 is 42.5. The van der Waals surface area contributed by atoms with E-state index < -0.39 is 48.0 Å². The maximum absolute atomic E-state index is 13.3. The molecule has 196 valence electrons. The van der Waals surface area contributed by atoms with Crippen LogP contribution in [-0.4, -0.2) is 51.8 Å². The highest BCUT2D eigenvalue weighted by molar-refractivity contribution is 7.10. The van der Waals surface area contributed by atoms with Gasteiger partial charge >= 0.3 is 12.4 Å². The second-order valence-corrected chi connectivity index (χ2v) is 10.3. The van der Waals surface area contributed by atoms with E-state index >= 15 is 0 Å². The van der Waals surface area contributed by atoms with Gasteiger partial charge in [-0.2, -0.15) is 4.90 Å². The number of fused-ring (bicyclic) bond motifs is 1. The Balaban J connectivity index is 1.59. The van der Waals surface area contributed by atoms with E-state index in [4.69, 9.17) is 5.73 Å². The number of primary amides is 1. The van der Waals surface area contributed by atoms with Crippen LogP contribution >= 0.6 is 11.3 Å². The topological polar surface area (TPSA) is 113 Å². The van der Waals surface area contributed by atoms with Gasteiger partial charge in [-0.1, -0.05) is 29.8 Å². The third kappa shape index (κ3) is 4.53. The highest BCUT2D eigenvalue weighted by Gasteiger charge is 2.64. The number of hydrogen-bond acceptors (Lipinski definition) is 7. The van der Waals surface area contributed by atoms with Gasteiger partial charge in [0.2, 0.25) is 11.8 Å². The Morgan fingerprint density at radius 3 is 2.51 bits per heavy atom. The zero-order valence-corrected chi connectivity index (χ0v) is 20.2. The summed E-state index contributed by atoms with van der Waals surface area (Å²) in [5.74, 6) is -3.78. The zero-order valence-electron chi connectivity index (χ0n) is 19.4. The Kier molecular flexibility index (Phi) is 6.59. The molecule has 1 aromatic heterocycles. The molecule has 2 bridgehead atoms. The van der Waals surface area contributed by atoms with Gasteiger partial charge in [-0.05, 0) is 42.0 Å². The number of ether oxygens (including phenoxy) is 1. The molecule has 12 heteroatoms. The lowest BCUT2D eigenvalue weighted by Gasteiger charge is -2.54. The number of hydrogen-bond donors (Lipinski definition) is 2. The summed E-state index contributed by atoms with van der Waals surface area (Å²) in [7, 11) is 0. The van der Waals surface area contributed by atoms with E-state index in [0.717, 1.165) is 10.5 Å². The van der Waals surface area contributed by atoms with Crippen molar-refractivity contribution in [2.75, 3.05) is 6.61 Å². The molecule has 0 saturated carbocycles. The van der Waals surface area contributed by atoms with Crippen molar-refractivity contribution in [3.05, 3.63) is 63.9 Å². The van der Waals surface area contributed by atoms with Crippen LogP contribution in [0, 0.1) is 17.8 Å². The molecule has 4 heterocycles. The molecule has 0 spiro atoms. The van der Waals surface area contributed by atoms with E-state index in [1.54, 1.807) is 6.07 Å². The minimum Gasteiger partial charge on any atom is -0.406 e. The van der Waals surface area contributed by atoms with Crippen molar-refractivity contribution in [1.82, 2.24) is 9.80 Å². The van der Waals surface area contributed by atoms with Crippen LogP contribution in [0.4, 0.5) is 18.0 Å². The number of nitrogens with two attached hydrogens (primary N) is 1. The first-order valence-electron chi connectivity index (χ1n) is 11.7. The van der Waals surface area contributed by atoms with Gasteiger partial charge in [0.05, 0.1) is 17.9 Å². The van der Waals surface area contributed by atoms with Crippen LogP contribution in [0.2, 0.25) is 0 Å². The van der Waals surface area contributed by atoms with Crippen LogP contribution in [0.15, 0.2) is 53.4 Å². The molecule has 5 atom stereocenters. The normalized spacial score (nSPS) is 27.4. The molecule has 4 aliphatic rings. The molecule has 2 saturated heterocycles. The second-order valence-electron chi connectivity index (χ2n) is 9.31. The Labute approximate surface area is 214 Å². The summed E-state index contributed by atoms with van der Waals surface area (Å²) in [6.07, 6.45) is -1.96. The zero-order chi connectivity index (χ0) is 26.5. The van der Waals surface area contributed by atoms with Gasteiger partial charge in [-0.25, -0.2) is 4.79 Å². The lowest BCUT2D eigenvalue weighted by molar-refractivity contribution is -0.274. The van der Waals surface area contributed by atoms with E-state index in [1.807, 2.05) is 28.5 Å². The lowest BCUT2D eigenvalue weighted by Crippen LogP contribution is -2.58. The van der Waals surface area contributed by atoms with Crippen molar-refractivity contribution in [2.45, 2.75) is 37.8 Å². The number of urea groups is 1. The molecule has 5 unspecified atom stereocenters. The number of rotatable bonds is 7. The molecule has 2 fully saturated rings. The van der Waals surface area contributed by atoms with Gasteiger partial charge in [0.25, 0.3) is 0 Å². The van der Waals surface area contributed by atoms with Gasteiger partial charge in [0.1, 0.15) is 5.75 Å². The molecule has 4 amide bonds. The Morgan fingerprint density at radius 2 is 1.86 bits per heavy atom. The number of likely N-dealkylation sites (tertiary alicyclic amines) is 1. The summed E-state index contributed by atoms with van der Waals surface area (Å²) in [5, 5.41) is 11.3. The van der Waals surface area contributed by atoms with Crippen LogP contribution in [0.5, 0.6) is 5.75 Å². The number of nitrogens with zero attached hydrogens (tertiary/aromatic N) is 2. The third-order valence-electron chi connectivity index (χ3n) is 7.22. The fraction of sp³-hybridized carbons (Fsp3) is 0.400. The highest BCUT2D eigenvalue weighted by atomic mass is 32.1. The first-order chi connectivity index (χ1) is 17.6. The van der Waals surface area contributed by atoms with Crippen molar-refractivity contribution in [3.8, 4) is 5.75 Å². The van der Waals surface area contributed by atoms with Crippen LogP contribution < -0.4 is 10.5 Å². The number of aliphatic hydroxyl groups excluding tert-OH is 1. The fourth-order valence-electron chi connectivity index (χ4n) is 6.01. The van der Waals surface area contributed by atoms with Crippen LogP contribution in [0.1, 0.15) is 29.3 Å². The van der Waals surface area contributed by atoms with Gasteiger partial charge < -0.3 is 15.6 Å². The number of imide groups is 3. The number of benzene rings is 1. The molecule has 1 aliphatic carbocycles. The van der Waals surface area contributed by atoms with E-state index in [1.165, 1.54) is 29.5 Å². The highest BCUT2D eigenvalue weighted by Crippen LogP contribution is 2.57. The SMILES string of the molecule is NC(=O)N1C(=O)C2C(C1=O)C1C=C(CCCO)C2C(c2cccs2)N1Cc1cccc(OC(F)(F)F)c1. The predicted molar refractivity (Wildman–Crippen MR) is 126 cm³/mol. The fourth-order valence-corrected chi connectivity index (χ4v) is 6.91. The predicted octanol–water partition coefficient (Wildman–Crippen LogP) is 3.58. The Hall–Kier alpha value is -3.22. The number of halogens is 3. The van der Waals surface area contributed by atoms with Crippen molar-refractivity contribution >= 4 is 29.2 Å². The smallest absolute Gasteiger partial charge is 0.406 e. The lowest BCUT2D eigenvalue weighted by atomic mass is 9.62. The molecule has 3 N–H and O–H groups in total. The van der Waals surface area contributed by atoms with E-state index in [-0.39, 0.29) is 24.9 Å². The number of aliphatic hydroxyl groups is 1. The number of thiophene rings is 1. The quantitative estimate of drug-likeness (QED) is 0.414. The second kappa shape index (κ2) is 9.58. The molecule has 37 heavy (non-hydrogen) atoms. The van der Waals surface area contributed by atoms with Crippen molar-refractivity contribution in [3.63, 3.8) is 0 Å². The third-order valence-corrected chi connectivity index (χ3v) is 8.16.